The summed E-state index contributed by atoms with van der Waals surface area (Å²) in [5, 5.41) is 3.40. The summed E-state index contributed by atoms with van der Waals surface area (Å²) in [5.41, 5.74) is 4.19. The van der Waals surface area contributed by atoms with Crippen LogP contribution in [0.2, 0.25) is 0 Å². The minimum Gasteiger partial charge on any atom is -0.384 e. The lowest BCUT2D eigenvalue weighted by Crippen LogP contribution is -2.32. The number of methoxy groups -OCH3 is 2. The van der Waals surface area contributed by atoms with Crippen LogP contribution in [0.25, 0.3) is 0 Å². The van der Waals surface area contributed by atoms with Gasteiger partial charge in [-0.05, 0) is 30.0 Å². The Kier molecular flexibility index (Phi) is 6.30. The first-order valence-electron chi connectivity index (χ1n) is 7.39. The summed E-state index contributed by atoms with van der Waals surface area (Å²) in [6.45, 7) is 5.61. The summed E-state index contributed by atoms with van der Waals surface area (Å²) in [5.74, 6) is 0. The van der Waals surface area contributed by atoms with Crippen molar-refractivity contribution in [2.75, 3.05) is 58.9 Å². The van der Waals surface area contributed by atoms with Gasteiger partial charge in [0.1, 0.15) is 0 Å². The Morgan fingerprint density at radius 1 is 1.10 bits per heavy atom. The highest BCUT2D eigenvalue weighted by molar-refractivity contribution is 5.56. The fraction of sp³-hybridized carbons (Fsp3) is 0.625. The maximum Gasteiger partial charge on any atom is 0.0589 e. The molecule has 0 unspecified atom stereocenters. The Bertz CT molecular complexity index is 401. The Labute approximate surface area is 122 Å². The molecule has 112 valence electrons. The van der Waals surface area contributed by atoms with Gasteiger partial charge in [-0.1, -0.05) is 12.1 Å². The predicted octanol–water partition coefficient (Wildman–Crippen LogP) is 1.79. The molecule has 1 aliphatic rings. The number of ether oxygens (including phenoxy) is 2. The van der Waals surface area contributed by atoms with E-state index in [1.54, 1.807) is 14.2 Å². The Morgan fingerprint density at radius 2 is 1.85 bits per heavy atom. The molecule has 0 spiro atoms. The molecule has 1 heterocycles. The van der Waals surface area contributed by atoms with Gasteiger partial charge in [0, 0.05) is 46.1 Å². The second-order valence-corrected chi connectivity index (χ2v) is 5.25. The molecule has 0 aromatic heterocycles. The van der Waals surface area contributed by atoms with Crippen molar-refractivity contribution in [3.05, 3.63) is 29.3 Å². The second-order valence-electron chi connectivity index (χ2n) is 5.25. The molecule has 0 saturated heterocycles. The largest absolute Gasteiger partial charge is 0.384 e. The van der Waals surface area contributed by atoms with Crippen molar-refractivity contribution in [1.82, 2.24) is 4.90 Å². The standard InChI is InChI=1S/C16H26N2O2/c1-19-11-9-18(10-12-20-2)8-6-14-3-4-16-15(13-14)5-7-17-16/h3-4,13,17H,5-12H2,1-2H3. The Balaban J connectivity index is 1.84. The zero-order valence-corrected chi connectivity index (χ0v) is 12.7. The quantitative estimate of drug-likeness (QED) is 0.747. The third-order valence-corrected chi connectivity index (χ3v) is 3.82. The lowest BCUT2D eigenvalue weighted by Gasteiger charge is -2.21. The highest BCUT2D eigenvalue weighted by Crippen LogP contribution is 2.23. The fourth-order valence-electron chi connectivity index (χ4n) is 2.58. The van der Waals surface area contributed by atoms with Crippen LogP contribution in [0.15, 0.2) is 18.2 Å². The molecule has 0 atom stereocenters. The lowest BCUT2D eigenvalue weighted by molar-refractivity contribution is 0.115. The molecule has 0 saturated carbocycles. The van der Waals surface area contributed by atoms with E-state index in [1.807, 2.05) is 0 Å². The first-order chi connectivity index (χ1) is 9.83. The number of anilines is 1. The molecular weight excluding hydrogens is 252 g/mol. The van der Waals surface area contributed by atoms with Gasteiger partial charge in [0.05, 0.1) is 13.2 Å². The highest BCUT2D eigenvalue weighted by Gasteiger charge is 2.11. The zero-order valence-electron chi connectivity index (χ0n) is 12.7. The van der Waals surface area contributed by atoms with E-state index in [0.29, 0.717) is 0 Å². The van der Waals surface area contributed by atoms with Crippen LogP contribution in [-0.4, -0.2) is 58.5 Å². The van der Waals surface area contributed by atoms with Crippen molar-refractivity contribution >= 4 is 5.69 Å². The lowest BCUT2D eigenvalue weighted by atomic mass is 10.1. The molecule has 4 nitrogen and oxygen atoms in total. The number of hydrogen-bond donors (Lipinski definition) is 1. The summed E-state index contributed by atoms with van der Waals surface area (Å²) in [6, 6.07) is 6.80. The smallest absolute Gasteiger partial charge is 0.0589 e. The van der Waals surface area contributed by atoms with Crippen LogP contribution in [0.1, 0.15) is 11.1 Å². The molecule has 0 bridgehead atoms. The number of rotatable bonds is 9. The van der Waals surface area contributed by atoms with E-state index in [-0.39, 0.29) is 0 Å². The summed E-state index contributed by atoms with van der Waals surface area (Å²) in [4.78, 5) is 2.40. The first kappa shape index (κ1) is 15.3. The summed E-state index contributed by atoms with van der Waals surface area (Å²) in [7, 11) is 3.50. The van der Waals surface area contributed by atoms with E-state index in [2.05, 4.69) is 28.4 Å². The maximum atomic E-state index is 5.17. The molecule has 0 aliphatic carbocycles. The van der Waals surface area contributed by atoms with Crippen LogP contribution in [0, 0.1) is 0 Å². The Morgan fingerprint density at radius 3 is 2.55 bits per heavy atom. The molecule has 1 aromatic carbocycles. The molecule has 4 heteroatoms. The van der Waals surface area contributed by atoms with Gasteiger partial charge < -0.3 is 14.8 Å². The average Bonchev–Trinajstić information content (AvgIpc) is 2.94. The third-order valence-electron chi connectivity index (χ3n) is 3.82. The number of hydrogen-bond acceptors (Lipinski definition) is 4. The molecule has 0 radical (unpaired) electrons. The van der Waals surface area contributed by atoms with E-state index < -0.39 is 0 Å². The number of nitrogens with one attached hydrogen (secondary N) is 1. The first-order valence-corrected chi connectivity index (χ1v) is 7.39. The van der Waals surface area contributed by atoms with Gasteiger partial charge >= 0.3 is 0 Å². The van der Waals surface area contributed by atoms with Gasteiger partial charge in [-0.25, -0.2) is 0 Å². The topological polar surface area (TPSA) is 33.7 Å². The van der Waals surface area contributed by atoms with E-state index in [9.17, 15) is 0 Å². The molecule has 0 fully saturated rings. The van der Waals surface area contributed by atoms with Crippen molar-refractivity contribution in [1.29, 1.82) is 0 Å². The molecular formula is C16H26N2O2. The van der Waals surface area contributed by atoms with Gasteiger partial charge in [0.25, 0.3) is 0 Å². The van der Waals surface area contributed by atoms with Crippen molar-refractivity contribution in [2.24, 2.45) is 0 Å². The third kappa shape index (κ3) is 4.47. The van der Waals surface area contributed by atoms with Gasteiger partial charge in [-0.3, -0.25) is 4.90 Å². The van der Waals surface area contributed by atoms with Gasteiger partial charge in [-0.15, -0.1) is 0 Å². The van der Waals surface area contributed by atoms with Crippen LogP contribution in [0.3, 0.4) is 0 Å². The number of nitrogens with zero attached hydrogens (tertiary/aromatic N) is 1. The minimum absolute atomic E-state index is 0.776. The van der Waals surface area contributed by atoms with Gasteiger partial charge in [0.2, 0.25) is 0 Å². The van der Waals surface area contributed by atoms with Crippen LogP contribution < -0.4 is 5.32 Å². The summed E-state index contributed by atoms with van der Waals surface area (Å²) in [6.07, 6.45) is 2.24. The minimum atomic E-state index is 0.776. The van der Waals surface area contributed by atoms with Crippen molar-refractivity contribution < 1.29 is 9.47 Å². The van der Waals surface area contributed by atoms with Crippen LogP contribution in [0.5, 0.6) is 0 Å². The van der Waals surface area contributed by atoms with Crippen LogP contribution in [0.4, 0.5) is 5.69 Å². The number of fused-ring (bicyclic) bond motifs is 1. The summed E-state index contributed by atoms with van der Waals surface area (Å²) >= 11 is 0. The highest BCUT2D eigenvalue weighted by atomic mass is 16.5. The van der Waals surface area contributed by atoms with Crippen LogP contribution >= 0.6 is 0 Å². The van der Waals surface area contributed by atoms with Crippen molar-refractivity contribution in [3.63, 3.8) is 0 Å². The van der Waals surface area contributed by atoms with Gasteiger partial charge in [0.15, 0.2) is 0 Å². The normalized spacial score (nSPS) is 13.6. The molecule has 1 N–H and O–H groups in total. The van der Waals surface area contributed by atoms with E-state index in [4.69, 9.17) is 9.47 Å². The van der Waals surface area contributed by atoms with E-state index in [1.165, 1.54) is 16.8 Å². The molecule has 1 aliphatic heterocycles. The van der Waals surface area contributed by atoms with Gasteiger partial charge in [-0.2, -0.15) is 0 Å². The van der Waals surface area contributed by atoms with Crippen molar-refractivity contribution in [3.8, 4) is 0 Å². The maximum absolute atomic E-state index is 5.17. The molecule has 2 rings (SSSR count). The monoisotopic (exact) mass is 278 g/mol. The van der Waals surface area contributed by atoms with E-state index >= 15 is 0 Å². The molecule has 1 aromatic rings. The van der Waals surface area contributed by atoms with Crippen LogP contribution in [-0.2, 0) is 22.3 Å². The zero-order chi connectivity index (χ0) is 14.2. The average molecular weight is 278 g/mol. The summed E-state index contributed by atoms with van der Waals surface area (Å²) < 4.78 is 10.3. The van der Waals surface area contributed by atoms with E-state index in [0.717, 1.165) is 52.2 Å². The SMILES string of the molecule is COCCN(CCOC)CCc1ccc2c(c1)CCN2. The van der Waals surface area contributed by atoms with Crippen molar-refractivity contribution in [2.45, 2.75) is 12.8 Å². The second kappa shape index (κ2) is 8.25. The predicted molar refractivity (Wildman–Crippen MR) is 82.5 cm³/mol. The molecule has 0 amide bonds. The number of benzene rings is 1. The fourth-order valence-corrected chi connectivity index (χ4v) is 2.58. The Hall–Kier alpha value is -1.10. The molecule has 20 heavy (non-hydrogen) atoms.